The van der Waals surface area contributed by atoms with Gasteiger partial charge >= 0.3 is 5.97 Å². The molecule has 5 nitrogen and oxygen atoms in total. The number of allylic oxidation sites excluding steroid dienone is 1. The smallest absolute Gasteiger partial charge is 0.309 e. The van der Waals surface area contributed by atoms with Gasteiger partial charge in [0.1, 0.15) is 0 Å². The molecule has 6 rings (SSSR count). The molecule has 0 amide bonds. The molecule has 0 saturated heterocycles. The standard InChI is InChI=1S/C32H46N2O3/c1-19(2)20-9-12-32(27(36)37)14-13-30(5)21(25(20)32)7-8-24-28(3)17-22-26(34-16-15-33-22)29(4,18-35)23(28)10-11-31(24,30)6/h15-16,20-21,23-25,35H,1,7-14,17-18H2,2-6H3,(H,36,37)/t20-,21+,23+,24+,25+,28-,29-,30+,31+,32-/m0/s1. The van der Waals surface area contributed by atoms with Gasteiger partial charge < -0.3 is 10.2 Å². The van der Waals surface area contributed by atoms with Crippen molar-refractivity contribution in [2.75, 3.05) is 6.61 Å². The highest BCUT2D eigenvalue weighted by molar-refractivity contribution is 5.76. The average molecular weight is 507 g/mol. The molecule has 5 aliphatic carbocycles. The molecule has 0 aromatic carbocycles. The summed E-state index contributed by atoms with van der Waals surface area (Å²) < 4.78 is 0. The molecule has 0 bridgehead atoms. The van der Waals surface area contributed by atoms with Crippen LogP contribution in [0.5, 0.6) is 0 Å². The number of nitrogens with zero attached hydrogens (tertiary/aromatic N) is 2. The first-order valence-electron chi connectivity index (χ1n) is 14.7. The molecular formula is C32H46N2O3. The van der Waals surface area contributed by atoms with Crippen LogP contribution in [0.2, 0.25) is 0 Å². The molecule has 0 radical (unpaired) electrons. The maximum absolute atomic E-state index is 12.9. The van der Waals surface area contributed by atoms with Crippen LogP contribution in [-0.2, 0) is 16.6 Å². The van der Waals surface area contributed by atoms with Crippen molar-refractivity contribution in [3.63, 3.8) is 0 Å². The Balaban J connectivity index is 1.44. The summed E-state index contributed by atoms with van der Waals surface area (Å²) >= 11 is 0. The quantitative estimate of drug-likeness (QED) is 0.477. The number of aliphatic hydroxyl groups excluding tert-OH is 1. The first-order chi connectivity index (χ1) is 17.4. The molecule has 1 heterocycles. The molecular weight excluding hydrogens is 460 g/mol. The lowest BCUT2D eigenvalue weighted by molar-refractivity contribution is -0.230. The Kier molecular flexibility index (Phi) is 5.45. The Bertz CT molecular complexity index is 1150. The van der Waals surface area contributed by atoms with Crippen LogP contribution in [0.4, 0.5) is 0 Å². The average Bonchev–Trinajstić information content (AvgIpc) is 3.26. The summed E-state index contributed by atoms with van der Waals surface area (Å²) in [5, 5.41) is 21.4. The highest BCUT2D eigenvalue weighted by Crippen LogP contribution is 2.77. The zero-order valence-corrected chi connectivity index (χ0v) is 23.5. The zero-order valence-electron chi connectivity index (χ0n) is 23.5. The Labute approximate surface area is 222 Å². The molecule has 37 heavy (non-hydrogen) atoms. The van der Waals surface area contributed by atoms with Gasteiger partial charge in [-0.05, 0) is 111 Å². The van der Waals surface area contributed by atoms with Gasteiger partial charge in [-0.3, -0.25) is 14.8 Å². The summed E-state index contributed by atoms with van der Waals surface area (Å²) in [7, 11) is 0. The number of aliphatic hydroxyl groups is 1. The summed E-state index contributed by atoms with van der Waals surface area (Å²) in [6.45, 7) is 16.4. The highest BCUT2D eigenvalue weighted by Gasteiger charge is 2.72. The summed E-state index contributed by atoms with van der Waals surface area (Å²) in [4.78, 5) is 22.4. The minimum Gasteiger partial charge on any atom is -0.481 e. The van der Waals surface area contributed by atoms with E-state index in [0.29, 0.717) is 23.7 Å². The number of aromatic nitrogens is 2. The van der Waals surface area contributed by atoms with E-state index >= 15 is 0 Å². The molecule has 4 saturated carbocycles. The van der Waals surface area contributed by atoms with Crippen LogP contribution in [0.25, 0.3) is 0 Å². The van der Waals surface area contributed by atoms with E-state index in [1.807, 2.05) is 6.20 Å². The third kappa shape index (κ3) is 2.93. The lowest BCUT2D eigenvalue weighted by Crippen LogP contribution is -2.67. The van der Waals surface area contributed by atoms with Crippen LogP contribution in [0.1, 0.15) is 97.4 Å². The van der Waals surface area contributed by atoms with Crippen LogP contribution in [-0.4, -0.2) is 32.8 Å². The van der Waals surface area contributed by atoms with Gasteiger partial charge in [-0.25, -0.2) is 0 Å². The van der Waals surface area contributed by atoms with Crippen molar-refractivity contribution in [1.29, 1.82) is 0 Å². The van der Waals surface area contributed by atoms with Crippen LogP contribution in [0.3, 0.4) is 0 Å². The van der Waals surface area contributed by atoms with Crippen molar-refractivity contribution in [3.05, 3.63) is 35.9 Å². The SMILES string of the molecule is C=C(C)[C@@H]1CC[C@]2(C(=O)O)CC[C@]3(C)[C@H](CC[C@@H]4[C@@]5(C)Cc6nccnc6[C@@](C)(CO)[C@@H]5CC[C@]43C)[C@@H]12. The van der Waals surface area contributed by atoms with E-state index < -0.39 is 11.4 Å². The zero-order chi connectivity index (χ0) is 26.6. The van der Waals surface area contributed by atoms with E-state index in [2.05, 4.69) is 41.2 Å². The molecule has 1 aromatic rings. The highest BCUT2D eigenvalue weighted by atomic mass is 16.4. The molecule has 1 aromatic heterocycles. The van der Waals surface area contributed by atoms with E-state index in [0.717, 1.165) is 69.2 Å². The van der Waals surface area contributed by atoms with Gasteiger partial charge in [0.05, 0.1) is 23.4 Å². The summed E-state index contributed by atoms with van der Waals surface area (Å²) in [6.07, 6.45) is 12.6. The van der Waals surface area contributed by atoms with Crippen LogP contribution in [0, 0.1) is 51.2 Å². The second-order valence-corrected chi connectivity index (χ2v) is 14.8. The van der Waals surface area contributed by atoms with Crippen molar-refractivity contribution < 1.29 is 15.0 Å². The molecule has 0 spiro atoms. The number of carboxylic acids is 1. The predicted octanol–water partition coefficient (Wildman–Crippen LogP) is 6.20. The van der Waals surface area contributed by atoms with Gasteiger partial charge in [-0.1, -0.05) is 39.8 Å². The fourth-order valence-electron chi connectivity index (χ4n) is 11.9. The van der Waals surface area contributed by atoms with Gasteiger partial charge in [0.25, 0.3) is 0 Å². The number of rotatable bonds is 3. The fraction of sp³-hybridized carbons (Fsp3) is 0.781. The number of fused-ring (bicyclic) bond motifs is 8. The van der Waals surface area contributed by atoms with E-state index in [-0.39, 0.29) is 34.2 Å². The van der Waals surface area contributed by atoms with Gasteiger partial charge in [0.2, 0.25) is 0 Å². The number of hydrogen-bond donors (Lipinski definition) is 2. The normalized spacial score (nSPS) is 50.2. The second kappa shape index (κ2) is 7.90. The van der Waals surface area contributed by atoms with Gasteiger partial charge in [0, 0.05) is 17.8 Å². The predicted molar refractivity (Wildman–Crippen MR) is 144 cm³/mol. The maximum Gasteiger partial charge on any atom is 0.309 e. The van der Waals surface area contributed by atoms with Crippen LogP contribution in [0.15, 0.2) is 24.5 Å². The van der Waals surface area contributed by atoms with Crippen molar-refractivity contribution >= 4 is 5.97 Å². The summed E-state index contributed by atoms with van der Waals surface area (Å²) in [5.74, 6) is 1.26. The Morgan fingerprint density at radius 3 is 2.38 bits per heavy atom. The molecule has 4 fully saturated rings. The van der Waals surface area contributed by atoms with Gasteiger partial charge in [0.15, 0.2) is 0 Å². The van der Waals surface area contributed by atoms with Crippen molar-refractivity contribution in [2.24, 2.45) is 51.2 Å². The first kappa shape index (κ1) is 25.5. The largest absolute Gasteiger partial charge is 0.481 e. The van der Waals surface area contributed by atoms with Gasteiger partial charge in [-0.15, -0.1) is 0 Å². The Morgan fingerprint density at radius 1 is 0.973 bits per heavy atom. The van der Waals surface area contributed by atoms with E-state index in [4.69, 9.17) is 9.97 Å². The van der Waals surface area contributed by atoms with E-state index in [9.17, 15) is 15.0 Å². The first-order valence-corrected chi connectivity index (χ1v) is 14.7. The van der Waals surface area contributed by atoms with Crippen molar-refractivity contribution in [1.82, 2.24) is 9.97 Å². The van der Waals surface area contributed by atoms with Gasteiger partial charge in [-0.2, -0.15) is 0 Å². The lowest BCUT2D eigenvalue weighted by atomic mass is 9.32. The topological polar surface area (TPSA) is 83.3 Å². The maximum atomic E-state index is 12.9. The molecule has 0 aliphatic heterocycles. The number of aliphatic carboxylic acids is 1. The van der Waals surface area contributed by atoms with Crippen LogP contribution >= 0.6 is 0 Å². The number of carboxylic acid groups (broad SMARTS) is 1. The summed E-state index contributed by atoms with van der Waals surface area (Å²) in [5.41, 5.74) is 2.56. The minimum atomic E-state index is -0.576. The van der Waals surface area contributed by atoms with Crippen molar-refractivity contribution in [2.45, 2.75) is 97.8 Å². The molecule has 5 aliphatic rings. The molecule has 5 heteroatoms. The second-order valence-electron chi connectivity index (χ2n) is 14.8. The molecule has 0 unspecified atom stereocenters. The molecule has 10 atom stereocenters. The Morgan fingerprint density at radius 2 is 1.70 bits per heavy atom. The third-order valence-electron chi connectivity index (χ3n) is 13.7. The monoisotopic (exact) mass is 506 g/mol. The number of hydrogen-bond acceptors (Lipinski definition) is 4. The minimum absolute atomic E-state index is 0.0340. The van der Waals surface area contributed by atoms with Crippen LogP contribution < -0.4 is 0 Å². The van der Waals surface area contributed by atoms with E-state index in [1.165, 1.54) is 5.57 Å². The summed E-state index contributed by atoms with van der Waals surface area (Å²) in [6, 6.07) is 0. The Hall–Kier alpha value is -1.75. The van der Waals surface area contributed by atoms with E-state index in [1.54, 1.807) is 6.20 Å². The molecule has 202 valence electrons. The molecule has 2 N–H and O–H groups in total. The number of carbonyl (C=O) groups is 1. The third-order valence-corrected chi connectivity index (χ3v) is 13.7. The van der Waals surface area contributed by atoms with Crippen molar-refractivity contribution in [3.8, 4) is 0 Å². The fourth-order valence-corrected chi connectivity index (χ4v) is 11.9. The lowest BCUT2D eigenvalue weighted by Gasteiger charge is -2.72.